The van der Waals surface area contributed by atoms with Crippen molar-refractivity contribution in [1.29, 1.82) is 5.26 Å². The predicted octanol–water partition coefficient (Wildman–Crippen LogP) is 2.42. The van der Waals surface area contributed by atoms with E-state index in [1.807, 2.05) is 6.07 Å². The Morgan fingerprint density at radius 1 is 1.44 bits per heavy atom. The Labute approximate surface area is 111 Å². The van der Waals surface area contributed by atoms with E-state index in [1.54, 1.807) is 18.2 Å². The van der Waals surface area contributed by atoms with Gasteiger partial charge in [0.05, 0.1) is 16.1 Å². The zero-order valence-corrected chi connectivity index (χ0v) is 10.6. The highest BCUT2D eigenvalue weighted by atomic mass is 35.5. The van der Waals surface area contributed by atoms with Crippen LogP contribution in [-0.2, 0) is 4.79 Å². The van der Waals surface area contributed by atoms with E-state index in [1.165, 1.54) is 0 Å². The van der Waals surface area contributed by atoms with Crippen molar-refractivity contribution in [2.75, 3.05) is 5.32 Å². The van der Waals surface area contributed by atoms with E-state index >= 15 is 0 Å². The lowest BCUT2D eigenvalue weighted by molar-refractivity contribution is -0.121. The van der Waals surface area contributed by atoms with Gasteiger partial charge in [0.2, 0.25) is 5.91 Å². The summed E-state index contributed by atoms with van der Waals surface area (Å²) in [5, 5.41) is 12.0. The number of benzene rings is 1. The maximum atomic E-state index is 12.1. The predicted molar refractivity (Wildman–Crippen MR) is 70.2 cm³/mol. The van der Waals surface area contributed by atoms with Crippen LogP contribution in [0.1, 0.15) is 31.2 Å². The van der Waals surface area contributed by atoms with Gasteiger partial charge in [0.15, 0.2) is 0 Å². The molecule has 3 N–H and O–H groups in total. The first-order chi connectivity index (χ1) is 8.55. The summed E-state index contributed by atoms with van der Waals surface area (Å²) in [7, 11) is 0. The smallest absolute Gasteiger partial charge is 0.244 e. The summed E-state index contributed by atoms with van der Waals surface area (Å²) in [5.74, 6) is -0.189. The summed E-state index contributed by atoms with van der Waals surface area (Å²) in [5.41, 5.74) is 6.17. The van der Waals surface area contributed by atoms with Gasteiger partial charge in [0.1, 0.15) is 6.07 Å². The molecule has 0 saturated heterocycles. The standard InChI is InChI=1S/C13H14ClN3O/c14-11-4-3-10(7-9(11)8-15)17-12(18)13(16)5-1-2-6-13/h3-4,7H,1-2,5-6,16H2,(H,17,18). The number of nitriles is 1. The second-order valence-corrected chi connectivity index (χ2v) is 5.03. The van der Waals surface area contributed by atoms with E-state index < -0.39 is 5.54 Å². The van der Waals surface area contributed by atoms with Crippen LogP contribution < -0.4 is 11.1 Å². The highest BCUT2D eigenvalue weighted by Crippen LogP contribution is 2.29. The van der Waals surface area contributed by atoms with Gasteiger partial charge in [-0.2, -0.15) is 5.26 Å². The Morgan fingerprint density at radius 2 is 2.11 bits per heavy atom. The molecule has 2 rings (SSSR count). The molecule has 1 amide bonds. The van der Waals surface area contributed by atoms with Gasteiger partial charge in [-0.25, -0.2) is 0 Å². The summed E-state index contributed by atoms with van der Waals surface area (Å²) in [4.78, 5) is 12.1. The fraction of sp³-hybridized carbons (Fsp3) is 0.385. The van der Waals surface area contributed by atoms with E-state index in [4.69, 9.17) is 22.6 Å². The van der Waals surface area contributed by atoms with Crippen LogP contribution in [-0.4, -0.2) is 11.4 Å². The summed E-state index contributed by atoms with van der Waals surface area (Å²) < 4.78 is 0. The fourth-order valence-electron chi connectivity index (χ4n) is 2.18. The molecule has 1 aliphatic carbocycles. The van der Waals surface area contributed by atoms with Crippen molar-refractivity contribution in [3.05, 3.63) is 28.8 Å². The summed E-state index contributed by atoms with van der Waals surface area (Å²) in [6, 6.07) is 6.78. The second-order valence-electron chi connectivity index (χ2n) is 4.62. The van der Waals surface area contributed by atoms with Gasteiger partial charge in [0, 0.05) is 5.69 Å². The maximum absolute atomic E-state index is 12.1. The van der Waals surface area contributed by atoms with Crippen LogP contribution in [0.15, 0.2) is 18.2 Å². The summed E-state index contributed by atoms with van der Waals surface area (Å²) >= 11 is 5.83. The number of amides is 1. The summed E-state index contributed by atoms with van der Waals surface area (Å²) in [6.07, 6.45) is 3.37. The largest absolute Gasteiger partial charge is 0.324 e. The number of anilines is 1. The Bertz CT molecular complexity index is 515. The van der Waals surface area contributed by atoms with E-state index in [-0.39, 0.29) is 5.91 Å². The van der Waals surface area contributed by atoms with Gasteiger partial charge in [-0.05, 0) is 31.0 Å². The molecule has 0 unspecified atom stereocenters. The number of hydrogen-bond donors (Lipinski definition) is 2. The number of nitrogens with two attached hydrogens (primary N) is 1. The molecular weight excluding hydrogens is 250 g/mol. The van der Waals surface area contributed by atoms with Gasteiger partial charge in [-0.1, -0.05) is 24.4 Å². The molecule has 1 fully saturated rings. The molecule has 5 heteroatoms. The number of carbonyl (C=O) groups is 1. The molecule has 1 aromatic rings. The van der Waals surface area contributed by atoms with Crippen molar-refractivity contribution in [3.63, 3.8) is 0 Å². The van der Waals surface area contributed by atoms with Crippen molar-refractivity contribution in [2.24, 2.45) is 5.73 Å². The van der Waals surface area contributed by atoms with Crippen molar-refractivity contribution < 1.29 is 4.79 Å². The van der Waals surface area contributed by atoms with Gasteiger partial charge >= 0.3 is 0 Å². The number of nitrogens with one attached hydrogen (secondary N) is 1. The Hall–Kier alpha value is -1.57. The first-order valence-electron chi connectivity index (χ1n) is 5.85. The van der Waals surface area contributed by atoms with Crippen LogP contribution in [0, 0.1) is 11.3 Å². The number of rotatable bonds is 2. The average Bonchev–Trinajstić information content (AvgIpc) is 2.80. The van der Waals surface area contributed by atoms with E-state index in [2.05, 4.69) is 5.32 Å². The minimum absolute atomic E-state index is 0.189. The number of nitrogens with zero attached hydrogens (tertiary/aromatic N) is 1. The third-order valence-corrected chi connectivity index (χ3v) is 3.62. The monoisotopic (exact) mass is 263 g/mol. The molecule has 0 aliphatic heterocycles. The van der Waals surface area contributed by atoms with Crippen LogP contribution in [0.25, 0.3) is 0 Å². The number of halogens is 1. The van der Waals surface area contributed by atoms with Crippen molar-refractivity contribution in [3.8, 4) is 6.07 Å². The molecular formula is C13H14ClN3O. The molecule has 1 saturated carbocycles. The van der Waals surface area contributed by atoms with Gasteiger partial charge < -0.3 is 11.1 Å². The number of carbonyl (C=O) groups excluding carboxylic acids is 1. The fourth-order valence-corrected chi connectivity index (χ4v) is 2.34. The molecule has 4 nitrogen and oxygen atoms in total. The lowest BCUT2D eigenvalue weighted by Crippen LogP contribution is -2.48. The quantitative estimate of drug-likeness (QED) is 0.860. The van der Waals surface area contributed by atoms with Gasteiger partial charge in [0.25, 0.3) is 0 Å². The third kappa shape index (κ3) is 2.47. The van der Waals surface area contributed by atoms with E-state index in [0.29, 0.717) is 29.1 Å². The first-order valence-corrected chi connectivity index (χ1v) is 6.23. The van der Waals surface area contributed by atoms with Crippen molar-refractivity contribution in [2.45, 2.75) is 31.2 Å². The van der Waals surface area contributed by atoms with Gasteiger partial charge in [-0.3, -0.25) is 4.79 Å². The van der Waals surface area contributed by atoms with Gasteiger partial charge in [-0.15, -0.1) is 0 Å². The Balaban J connectivity index is 2.15. The summed E-state index contributed by atoms with van der Waals surface area (Å²) in [6.45, 7) is 0. The van der Waals surface area contributed by atoms with Crippen LogP contribution in [0.3, 0.4) is 0 Å². The average molecular weight is 264 g/mol. The minimum Gasteiger partial charge on any atom is -0.324 e. The first kappa shape index (κ1) is 12.9. The highest BCUT2D eigenvalue weighted by Gasteiger charge is 2.36. The zero-order chi connectivity index (χ0) is 13.2. The molecule has 0 bridgehead atoms. The molecule has 0 heterocycles. The normalized spacial score (nSPS) is 17.2. The van der Waals surface area contributed by atoms with Crippen molar-refractivity contribution >= 4 is 23.2 Å². The van der Waals surface area contributed by atoms with Crippen molar-refractivity contribution in [1.82, 2.24) is 0 Å². The highest BCUT2D eigenvalue weighted by molar-refractivity contribution is 6.31. The van der Waals surface area contributed by atoms with Crippen LogP contribution in [0.5, 0.6) is 0 Å². The molecule has 0 aromatic heterocycles. The molecule has 0 radical (unpaired) electrons. The molecule has 0 atom stereocenters. The molecule has 1 aliphatic rings. The topological polar surface area (TPSA) is 78.9 Å². The Morgan fingerprint density at radius 3 is 2.72 bits per heavy atom. The SMILES string of the molecule is N#Cc1cc(NC(=O)C2(N)CCCC2)ccc1Cl. The number of hydrogen-bond acceptors (Lipinski definition) is 3. The molecule has 1 aromatic carbocycles. The third-order valence-electron chi connectivity index (χ3n) is 3.29. The lowest BCUT2D eigenvalue weighted by atomic mass is 9.98. The maximum Gasteiger partial charge on any atom is 0.244 e. The minimum atomic E-state index is -0.771. The van der Waals surface area contributed by atoms with Crippen LogP contribution in [0.4, 0.5) is 5.69 Å². The Kier molecular flexibility index (Phi) is 3.55. The van der Waals surface area contributed by atoms with E-state index in [0.717, 1.165) is 12.8 Å². The molecule has 0 spiro atoms. The zero-order valence-electron chi connectivity index (χ0n) is 9.87. The molecule has 94 valence electrons. The molecule has 18 heavy (non-hydrogen) atoms. The van der Waals surface area contributed by atoms with Crippen LogP contribution in [0.2, 0.25) is 5.02 Å². The second kappa shape index (κ2) is 4.97. The van der Waals surface area contributed by atoms with Crippen LogP contribution >= 0.6 is 11.6 Å². The van der Waals surface area contributed by atoms with E-state index in [9.17, 15) is 4.79 Å². The lowest BCUT2D eigenvalue weighted by Gasteiger charge is -2.22.